The molecule has 0 radical (unpaired) electrons. The Hall–Kier alpha value is -2.51. The average molecular weight is 403 g/mol. The highest BCUT2D eigenvalue weighted by Gasteiger charge is 2.26. The standard InChI is InChI=1S/C21H34N6O2/c1-13-3-5-15(6-4-13)25-21(29)16-11-17(22)19(24-12-18(23)28)26-20(16)27-9-7-14(2)8-10-27/h11,13-15H,3-10,12,22H2,1-2H3,(H2,23,28)(H,24,26)(H,25,29)/t13-,15-. The third-order valence-electron chi connectivity index (χ3n) is 6.14. The number of pyridine rings is 1. The van der Waals surface area contributed by atoms with Gasteiger partial charge < -0.3 is 27.0 Å². The van der Waals surface area contributed by atoms with Crippen LogP contribution in [0.2, 0.25) is 0 Å². The van der Waals surface area contributed by atoms with Gasteiger partial charge >= 0.3 is 0 Å². The van der Waals surface area contributed by atoms with Gasteiger partial charge in [0.2, 0.25) is 5.91 Å². The third-order valence-corrected chi connectivity index (χ3v) is 6.14. The number of nitrogens with two attached hydrogens (primary N) is 2. The smallest absolute Gasteiger partial charge is 0.255 e. The number of piperidine rings is 1. The summed E-state index contributed by atoms with van der Waals surface area (Å²) in [6, 6.07) is 1.87. The first kappa shape index (κ1) is 21.2. The Morgan fingerprint density at radius 2 is 1.72 bits per heavy atom. The Morgan fingerprint density at radius 3 is 2.34 bits per heavy atom. The summed E-state index contributed by atoms with van der Waals surface area (Å²) in [5, 5.41) is 6.07. The van der Waals surface area contributed by atoms with Gasteiger partial charge in [0, 0.05) is 19.1 Å². The van der Waals surface area contributed by atoms with Crippen molar-refractivity contribution in [1.29, 1.82) is 0 Å². The van der Waals surface area contributed by atoms with Crippen LogP contribution in [0.25, 0.3) is 0 Å². The SMILES string of the molecule is CC1CCN(c2nc(NCC(N)=O)c(N)cc2C(=O)N[C@H]2CC[C@H](C)CC2)CC1. The quantitative estimate of drug-likeness (QED) is 0.577. The molecule has 0 bridgehead atoms. The molecule has 0 spiro atoms. The van der Waals surface area contributed by atoms with Crippen LogP contribution in [0, 0.1) is 11.8 Å². The molecule has 3 rings (SSSR count). The summed E-state index contributed by atoms with van der Waals surface area (Å²) in [6.07, 6.45) is 6.39. The minimum Gasteiger partial charge on any atom is -0.396 e. The molecule has 8 nitrogen and oxygen atoms in total. The zero-order valence-corrected chi connectivity index (χ0v) is 17.5. The summed E-state index contributed by atoms with van der Waals surface area (Å²) in [5.74, 6) is 1.78. The summed E-state index contributed by atoms with van der Waals surface area (Å²) in [5.41, 5.74) is 12.2. The van der Waals surface area contributed by atoms with Crippen molar-refractivity contribution in [1.82, 2.24) is 10.3 Å². The Kier molecular flexibility index (Phi) is 6.82. The summed E-state index contributed by atoms with van der Waals surface area (Å²) >= 11 is 0. The first-order valence-corrected chi connectivity index (χ1v) is 10.7. The number of primary amides is 1. The molecule has 1 aliphatic heterocycles. The lowest BCUT2D eigenvalue weighted by Crippen LogP contribution is -2.40. The summed E-state index contributed by atoms with van der Waals surface area (Å²) in [4.78, 5) is 31.1. The van der Waals surface area contributed by atoms with Crippen LogP contribution < -0.4 is 27.0 Å². The lowest BCUT2D eigenvalue weighted by Gasteiger charge is -2.33. The van der Waals surface area contributed by atoms with E-state index in [1.54, 1.807) is 6.07 Å². The van der Waals surface area contributed by atoms with Crippen LogP contribution in [-0.4, -0.2) is 42.5 Å². The highest BCUT2D eigenvalue weighted by atomic mass is 16.2. The van der Waals surface area contributed by atoms with Gasteiger partial charge in [0.05, 0.1) is 17.8 Å². The van der Waals surface area contributed by atoms with Gasteiger partial charge in [-0.15, -0.1) is 0 Å². The van der Waals surface area contributed by atoms with E-state index in [-0.39, 0.29) is 18.5 Å². The first-order valence-electron chi connectivity index (χ1n) is 10.7. The molecule has 160 valence electrons. The highest BCUT2D eigenvalue weighted by Crippen LogP contribution is 2.30. The molecule has 8 heteroatoms. The van der Waals surface area contributed by atoms with Crippen LogP contribution in [0.4, 0.5) is 17.3 Å². The molecule has 0 aromatic carbocycles. The van der Waals surface area contributed by atoms with Crippen molar-refractivity contribution in [2.75, 3.05) is 35.6 Å². The molecule has 2 fully saturated rings. The van der Waals surface area contributed by atoms with Crippen LogP contribution in [-0.2, 0) is 4.79 Å². The van der Waals surface area contributed by atoms with E-state index in [2.05, 4.69) is 34.4 Å². The Bertz CT molecular complexity index is 737. The van der Waals surface area contributed by atoms with Crippen LogP contribution in [0.15, 0.2) is 6.07 Å². The number of hydrogen-bond acceptors (Lipinski definition) is 6. The van der Waals surface area contributed by atoms with Gasteiger partial charge in [0.1, 0.15) is 5.82 Å². The Balaban J connectivity index is 1.84. The number of hydrogen-bond donors (Lipinski definition) is 4. The molecule has 2 aliphatic rings. The number of nitrogen functional groups attached to an aromatic ring is 1. The molecule has 1 saturated heterocycles. The Morgan fingerprint density at radius 1 is 1.10 bits per heavy atom. The topological polar surface area (TPSA) is 126 Å². The van der Waals surface area contributed by atoms with Crippen LogP contribution >= 0.6 is 0 Å². The summed E-state index contributed by atoms with van der Waals surface area (Å²) in [6.45, 7) is 6.13. The molecule has 0 atom stereocenters. The predicted octanol–water partition coefficient (Wildman–Crippen LogP) is 2.11. The molecule has 6 N–H and O–H groups in total. The molecule has 1 aromatic heterocycles. The first-order chi connectivity index (χ1) is 13.8. The normalized spacial score (nSPS) is 22.9. The number of carbonyl (C=O) groups excluding carboxylic acids is 2. The van der Waals surface area contributed by atoms with Gasteiger partial charge in [-0.3, -0.25) is 9.59 Å². The van der Waals surface area contributed by atoms with E-state index in [4.69, 9.17) is 11.5 Å². The van der Waals surface area contributed by atoms with Gasteiger partial charge in [-0.05, 0) is 56.4 Å². The van der Waals surface area contributed by atoms with Crippen LogP contribution in [0.1, 0.15) is 62.7 Å². The number of aromatic nitrogens is 1. The fraction of sp³-hybridized carbons (Fsp3) is 0.667. The van der Waals surface area contributed by atoms with Crippen molar-refractivity contribution in [3.8, 4) is 0 Å². The maximum atomic E-state index is 13.1. The largest absolute Gasteiger partial charge is 0.396 e. The van der Waals surface area contributed by atoms with E-state index in [1.807, 2.05) is 0 Å². The van der Waals surface area contributed by atoms with Crippen molar-refractivity contribution in [2.45, 2.75) is 58.4 Å². The number of nitrogens with one attached hydrogen (secondary N) is 2. The van der Waals surface area contributed by atoms with Crippen molar-refractivity contribution >= 4 is 29.1 Å². The molecule has 1 aliphatic carbocycles. The lowest BCUT2D eigenvalue weighted by atomic mass is 9.87. The molecule has 1 aromatic rings. The fourth-order valence-corrected chi connectivity index (χ4v) is 4.13. The minimum atomic E-state index is -0.493. The van der Waals surface area contributed by atoms with E-state index in [0.29, 0.717) is 28.8 Å². The van der Waals surface area contributed by atoms with Gasteiger partial charge in [0.15, 0.2) is 5.82 Å². The van der Waals surface area contributed by atoms with Crippen molar-refractivity contribution < 1.29 is 9.59 Å². The highest BCUT2D eigenvalue weighted by molar-refractivity contribution is 6.01. The van der Waals surface area contributed by atoms with E-state index in [0.717, 1.165) is 57.5 Å². The van der Waals surface area contributed by atoms with E-state index in [9.17, 15) is 9.59 Å². The predicted molar refractivity (Wildman–Crippen MR) is 116 cm³/mol. The monoisotopic (exact) mass is 402 g/mol. The number of anilines is 3. The van der Waals surface area contributed by atoms with Gasteiger partial charge in [0.25, 0.3) is 5.91 Å². The van der Waals surface area contributed by atoms with E-state index >= 15 is 0 Å². The number of rotatable bonds is 6. The Labute approximate surface area is 172 Å². The molecule has 1 saturated carbocycles. The second kappa shape index (κ2) is 9.33. The maximum Gasteiger partial charge on any atom is 0.255 e. The number of carbonyl (C=O) groups is 2. The van der Waals surface area contributed by atoms with Crippen molar-refractivity contribution in [2.24, 2.45) is 17.6 Å². The molecule has 29 heavy (non-hydrogen) atoms. The van der Waals surface area contributed by atoms with E-state index in [1.165, 1.54) is 0 Å². The maximum absolute atomic E-state index is 13.1. The second-order valence-corrected chi connectivity index (χ2v) is 8.72. The van der Waals surface area contributed by atoms with Crippen LogP contribution in [0.3, 0.4) is 0 Å². The zero-order chi connectivity index (χ0) is 21.0. The van der Waals surface area contributed by atoms with Gasteiger partial charge in [-0.1, -0.05) is 13.8 Å². The zero-order valence-electron chi connectivity index (χ0n) is 17.5. The minimum absolute atomic E-state index is 0.0561. The third kappa shape index (κ3) is 5.52. The number of amides is 2. The summed E-state index contributed by atoms with van der Waals surface area (Å²) in [7, 11) is 0. The molecular weight excluding hydrogens is 368 g/mol. The second-order valence-electron chi connectivity index (χ2n) is 8.72. The molecule has 2 heterocycles. The van der Waals surface area contributed by atoms with Crippen LogP contribution in [0.5, 0.6) is 0 Å². The fourth-order valence-electron chi connectivity index (χ4n) is 4.13. The van der Waals surface area contributed by atoms with Crippen molar-refractivity contribution in [3.63, 3.8) is 0 Å². The lowest BCUT2D eigenvalue weighted by molar-refractivity contribution is -0.116. The molecule has 0 unspecified atom stereocenters. The number of nitrogens with zero attached hydrogens (tertiary/aromatic N) is 2. The molecular formula is C21H34N6O2. The van der Waals surface area contributed by atoms with Gasteiger partial charge in [-0.25, -0.2) is 4.98 Å². The molecule has 2 amide bonds. The van der Waals surface area contributed by atoms with E-state index < -0.39 is 5.91 Å². The average Bonchev–Trinajstić information content (AvgIpc) is 2.69. The van der Waals surface area contributed by atoms with Crippen molar-refractivity contribution in [3.05, 3.63) is 11.6 Å². The summed E-state index contributed by atoms with van der Waals surface area (Å²) < 4.78 is 0. The van der Waals surface area contributed by atoms with Gasteiger partial charge in [-0.2, -0.15) is 0 Å².